The van der Waals surface area contributed by atoms with Crippen molar-refractivity contribution in [2.24, 2.45) is 0 Å². The number of halogens is 1. The number of fused-ring (bicyclic) bond motifs is 1. The van der Waals surface area contributed by atoms with Crippen molar-refractivity contribution in [2.75, 3.05) is 31.6 Å². The van der Waals surface area contributed by atoms with Gasteiger partial charge in [-0.2, -0.15) is 4.31 Å². The molecule has 3 heterocycles. The second-order valence-electron chi connectivity index (χ2n) is 6.52. The summed E-state index contributed by atoms with van der Waals surface area (Å²) in [5.41, 5.74) is -0.113. The average Bonchev–Trinajstić information content (AvgIpc) is 2.76. The number of carbonyl (C=O) groups excluding carboxylic acids is 1. The van der Waals surface area contributed by atoms with Crippen molar-refractivity contribution >= 4 is 38.9 Å². The van der Waals surface area contributed by atoms with Gasteiger partial charge in [-0.25, -0.2) is 13.4 Å². The fourth-order valence-electron chi connectivity index (χ4n) is 3.09. The number of hydrogen-bond acceptors (Lipinski definition) is 6. The minimum atomic E-state index is -3.86. The molecule has 1 saturated heterocycles. The largest absolute Gasteiger partial charge is 0.379 e. The second-order valence-corrected chi connectivity index (χ2v) is 8.84. The predicted octanol–water partition coefficient (Wildman–Crippen LogP) is 1.62. The quantitative estimate of drug-likeness (QED) is 0.649. The lowest BCUT2D eigenvalue weighted by molar-refractivity contribution is 0.0730. The minimum absolute atomic E-state index is 0.0342. The minimum Gasteiger partial charge on any atom is -0.379 e. The Morgan fingerprint density at radius 3 is 2.70 bits per heavy atom. The monoisotopic (exact) mass is 448 g/mol. The molecular weight excluding hydrogens is 432 g/mol. The summed E-state index contributed by atoms with van der Waals surface area (Å²) < 4.78 is 33.6. The van der Waals surface area contributed by atoms with Gasteiger partial charge in [0.1, 0.15) is 16.1 Å². The van der Waals surface area contributed by atoms with Gasteiger partial charge in [-0.15, -0.1) is 0 Å². The van der Waals surface area contributed by atoms with E-state index in [1.54, 1.807) is 18.2 Å². The summed E-state index contributed by atoms with van der Waals surface area (Å²) in [4.78, 5) is 29.2. The lowest BCUT2D eigenvalue weighted by atomic mass is 10.2. The third-order valence-electron chi connectivity index (χ3n) is 4.64. The molecule has 1 fully saturated rings. The maximum Gasteiger partial charge on any atom is 0.270 e. The Hall–Kier alpha value is -2.79. The molecule has 1 amide bonds. The van der Waals surface area contributed by atoms with Crippen LogP contribution < -0.4 is 10.9 Å². The number of amides is 1. The molecular formula is C19H17ClN4O5S. The number of pyridine rings is 1. The van der Waals surface area contributed by atoms with Crippen molar-refractivity contribution in [3.8, 4) is 0 Å². The van der Waals surface area contributed by atoms with Crippen molar-refractivity contribution in [3.05, 3.63) is 69.7 Å². The maximum absolute atomic E-state index is 12.9. The van der Waals surface area contributed by atoms with Gasteiger partial charge in [-0.05, 0) is 30.3 Å². The number of sulfonamides is 1. The number of hydrogen-bond donors (Lipinski definition) is 1. The zero-order valence-corrected chi connectivity index (χ0v) is 17.2. The van der Waals surface area contributed by atoms with E-state index in [1.165, 1.54) is 39.3 Å². The summed E-state index contributed by atoms with van der Waals surface area (Å²) in [6.07, 6.45) is 2.70. The van der Waals surface area contributed by atoms with Crippen LogP contribution in [0.5, 0.6) is 0 Å². The molecule has 0 spiro atoms. The van der Waals surface area contributed by atoms with Gasteiger partial charge >= 0.3 is 0 Å². The molecule has 3 aromatic rings. The Morgan fingerprint density at radius 2 is 1.93 bits per heavy atom. The third kappa shape index (κ3) is 3.82. The molecule has 0 bridgehead atoms. The molecule has 1 N–H and O–H groups in total. The number of morpholine rings is 1. The molecule has 0 unspecified atom stereocenters. The number of nitrogens with one attached hydrogen (secondary N) is 1. The van der Waals surface area contributed by atoms with Gasteiger partial charge in [0, 0.05) is 31.2 Å². The Kier molecular flexibility index (Phi) is 5.56. The Labute approximate surface area is 176 Å². The number of ether oxygens (including phenoxy) is 1. The molecule has 30 heavy (non-hydrogen) atoms. The van der Waals surface area contributed by atoms with Crippen LogP contribution in [0.1, 0.15) is 10.4 Å². The molecule has 2 aromatic heterocycles. The van der Waals surface area contributed by atoms with Crippen LogP contribution in [0.25, 0.3) is 5.65 Å². The van der Waals surface area contributed by atoms with Crippen LogP contribution >= 0.6 is 11.6 Å². The van der Waals surface area contributed by atoms with E-state index in [-0.39, 0.29) is 34.3 Å². The van der Waals surface area contributed by atoms with E-state index in [4.69, 9.17) is 16.3 Å². The fourth-order valence-corrected chi connectivity index (χ4v) is 4.99. The molecule has 1 aliphatic heterocycles. The van der Waals surface area contributed by atoms with E-state index in [2.05, 4.69) is 10.3 Å². The first-order chi connectivity index (χ1) is 14.4. The predicted molar refractivity (Wildman–Crippen MR) is 110 cm³/mol. The topological polar surface area (TPSA) is 110 Å². The van der Waals surface area contributed by atoms with Gasteiger partial charge in [-0.1, -0.05) is 17.7 Å². The van der Waals surface area contributed by atoms with Crippen LogP contribution in [0.4, 0.5) is 5.69 Å². The van der Waals surface area contributed by atoms with E-state index in [9.17, 15) is 18.0 Å². The Morgan fingerprint density at radius 1 is 1.17 bits per heavy atom. The summed E-state index contributed by atoms with van der Waals surface area (Å²) >= 11 is 6.13. The van der Waals surface area contributed by atoms with Crippen LogP contribution in [-0.2, 0) is 14.8 Å². The Bertz CT molecular complexity index is 1290. The second kappa shape index (κ2) is 8.15. The molecule has 9 nitrogen and oxygen atoms in total. The average molecular weight is 449 g/mol. The molecule has 0 aliphatic carbocycles. The lowest BCUT2D eigenvalue weighted by Crippen LogP contribution is -2.40. The van der Waals surface area contributed by atoms with Crippen molar-refractivity contribution in [2.45, 2.75) is 4.90 Å². The van der Waals surface area contributed by atoms with Gasteiger partial charge in [-0.3, -0.25) is 14.0 Å². The number of aromatic nitrogens is 2. The van der Waals surface area contributed by atoms with Crippen molar-refractivity contribution < 1.29 is 17.9 Å². The zero-order chi connectivity index (χ0) is 21.3. The van der Waals surface area contributed by atoms with Gasteiger partial charge in [0.25, 0.3) is 11.5 Å². The molecule has 0 saturated carbocycles. The van der Waals surface area contributed by atoms with Crippen molar-refractivity contribution in [3.63, 3.8) is 0 Å². The molecule has 156 valence electrons. The summed E-state index contributed by atoms with van der Waals surface area (Å²) in [6, 6.07) is 9.15. The first kappa shape index (κ1) is 20.5. The normalized spacial score (nSPS) is 15.2. The van der Waals surface area contributed by atoms with Gasteiger partial charge in [0.05, 0.1) is 18.2 Å². The van der Waals surface area contributed by atoms with Crippen LogP contribution in [-0.4, -0.2) is 54.3 Å². The summed E-state index contributed by atoms with van der Waals surface area (Å²) in [5, 5.41) is 2.58. The number of benzene rings is 1. The van der Waals surface area contributed by atoms with Crippen LogP contribution in [0.3, 0.4) is 0 Å². The van der Waals surface area contributed by atoms with E-state index < -0.39 is 21.5 Å². The van der Waals surface area contributed by atoms with Crippen molar-refractivity contribution in [1.82, 2.24) is 13.7 Å². The fraction of sp³-hybridized carbons (Fsp3) is 0.211. The van der Waals surface area contributed by atoms with Crippen LogP contribution in [0.2, 0.25) is 5.02 Å². The lowest BCUT2D eigenvalue weighted by Gasteiger charge is -2.26. The Balaban J connectivity index is 1.64. The summed E-state index contributed by atoms with van der Waals surface area (Å²) in [7, 11) is -3.86. The SMILES string of the molecule is O=C(Nc1ccc(Cl)c(S(=O)(=O)N2CCOCC2)c1)c1cnc2ccccn2c1=O. The van der Waals surface area contributed by atoms with E-state index in [0.717, 1.165) is 0 Å². The van der Waals surface area contributed by atoms with E-state index >= 15 is 0 Å². The van der Waals surface area contributed by atoms with Gasteiger partial charge in [0.15, 0.2) is 0 Å². The molecule has 11 heteroatoms. The number of anilines is 1. The number of carbonyl (C=O) groups is 1. The first-order valence-corrected chi connectivity index (χ1v) is 10.8. The van der Waals surface area contributed by atoms with E-state index in [1.807, 2.05) is 0 Å². The van der Waals surface area contributed by atoms with Gasteiger partial charge < -0.3 is 10.1 Å². The smallest absolute Gasteiger partial charge is 0.270 e. The first-order valence-electron chi connectivity index (χ1n) is 9.03. The zero-order valence-electron chi connectivity index (χ0n) is 15.6. The highest BCUT2D eigenvalue weighted by Gasteiger charge is 2.29. The highest BCUT2D eigenvalue weighted by molar-refractivity contribution is 7.89. The standard InChI is InChI=1S/C19H17ClN4O5S/c20-15-5-4-13(11-16(15)30(27,28)23-7-9-29-10-8-23)22-18(25)14-12-21-17-3-1-2-6-24(17)19(14)26/h1-6,11-12H,7-10H2,(H,22,25). The summed E-state index contributed by atoms with van der Waals surface area (Å²) in [5.74, 6) is -0.706. The molecule has 0 radical (unpaired) electrons. The van der Waals surface area contributed by atoms with Gasteiger partial charge in [0.2, 0.25) is 10.0 Å². The molecule has 0 atom stereocenters. The summed E-state index contributed by atoms with van der Waals surface area (Å²) in [6.45, 7) is 1.03. The maximum atomic E-state index is 12.9. The van der Waals surface area contributed by atoms with E-state index in [0.29, 0.717) is 18.9 Å². The highest BCUT2D eigenvalue weighted by atomic mass is 35.5. The molecule has 1 aromatic carbocycles. The third-order valence-corrected chi connectivity index (χ3v) is 7.02. The number of nitrogens with zero attached hydrogens (tertiary/aromatic N) is 3. The van der Waals surface area contributed by atoms with Crippen molar-refractivity contribution in [1.29, 1.82) is 0 Å². The van der Waals surface area contributed by atoms with Crippen LogP contribution in [0.15, 0.2) is 58.5 Å². The highest BCUT2D eigenvalue weighted by Crippen LogP contribution is 2.28. The molecule has 1 aliphatic rings. The molecule has 4 rings (SSSR count). The van der Waals surface area contributed by atoms with Crippen LogP contribution in [0, 0.1) is 0 Å². The number of rotatable bonds is 4.